The zero-order chi connectivity index (χ0) is 12.5. The molecule has 18 heavy (non-hydrogen) atoms. The summed E-state index contributed by atoms with van der Waals surface area (Å²) in [5.74, 6) is 2.69. The van der Waals surface area contributed by atoms with E-state index in [-0.39, 0.29) is 0 Å². The first-order valence-corrected chi connectivity index (χ1v) is 5.94. The maximum atomic E-state index is 5.48. The van der Waals surface area contributed by atoms with E-state index in [2.05, 4.69) is 48.2 Å². The SMILES string of the molecule is C#Cc1ccc2[nH]c(C)c(-c3ccccc3)c2c1. The largest absolute Gasteiger partial charge is 0.358 e. The number of hydrogen-bond donors (Lipinski definition) is 1. The van der Waals surface area contributed by atoms with Crippen LogP contribution in [0.2, 0.25) is 0 Å². The molecule has 86 valence electrons. The molecule has 0 amide bonds. The Hall–Kier alpha value is -2.46. The second-order valence-electron chi connectivity index (χ2n) is 4.40. The Morgan fingerprint density at radius 3 is 2.56 bits per heavy atom. The molecule has 0 saturated carbocycles. The molecule has 3 rings (SSSR count). The zero-order valence-electron chi connectivity index (χ0n) is 10.2. The molecule has 0 saturated heterocycles. The molecular weight excluding hydrogens is 218 g/mol. The van der Waals surface area contributed by atoms with Crippen molar-refractivity contribution in [3.05, 3.63) is 59.8 Å². The van der Waals surface area contributed by atoms with E-state index >= 15 is 0 Å². The van der Waals surface area contributed by atoms with Gasteiger partial charge in [-0.15, -0.1) is 6.42 Å². The van der Waals surface area contributed by atoms with Crippen LogP contribution >= 0.6 is 0 Å². The van der Waals surface area contributed by atoms with Crippen LogP contribution in [0.3, 0.4) is 0 Å². The second kappa shape index (κ2) is 4.09. The molecule has 0 aliphatic heterocycles. The third kappa shape index (κ3) is 1.59. The van der Waals surface area contributed by atoms with Crippen LogP contribution in [0.15, 0.2) is 48.5 Å². The van der Waals surface area contributed by atoms with Crippen molar-refractivity contribution in [2.45, 2.75) is 6.92 Å². The predicted octanol–water partition coefficient (Wildman–Crippen LogP) is 4.12. The molecular formula is C17H13N. The molecule has 1 N–H and O–H groups in total. The number of benzene rings is 2. The van der Waals surface area contributed by atoms with E-state index in [1.54, 1.807) is 0 Å². The molecule has 0 radical (unpaired) electrons. The molecule has 1 nitrogen and oxygen atoms in total. The summed E-state index contributed by atoms with van der Waals surface area (Å²) in [6.07, 6.45) is 5.48. The van der Waals surface area contributed by atoms with E-state index in [0.717, 1.165) is 11.1 Å². The van der Waals surface area contributed by atoms with Crippen LogP contribution in [0.4, 0.5) is 0 Å². The highest BCUT2D eigenvalue weighted by Crippen LogP contribution is 2.32. The van der Waals surface area contributed by atoms with Crippen LogP contribution in [0.1, 0.15) is 11.3 Å². The highest BCUT2D eigenvalue weighted by atomic mass is 14.7. The Bertz CT molecular complexity index is 742. The number of rotatable bonds is 1. The molecule has 0 aliphatic rings. The molecule has 0 unspecified atom stereocenters. The van der Waals surface area contributed by atoms with Gasteiger partial charge in [-0.05, 0) is 30.7 Å². The summed E-state index contributed by atoms with van der Waals surface area (Å²) in [4.78, 5) is 3.41. The van der Waals surface area contributed by atoms with Crippen molar-refractivity contribution in [3.8, 4) is 23.5 Å². The summed E-state index contributed by atoms with van der Waals surface area (Å²) in [6, 6.07) is 16.5. The van der Waals surface area contributed by atoms with Crippen molar-refractivity contribution in [1.82, 2.24) is 4.98 Å². The van der Waals surface area contributed by atoms with Crippen LogP contribution in [0, 0.1) is 19.3 Å². The molecule has 0 bridgehead atoms. The number of H-pyrrole nitrogens is 1. The number of terminal acetylenes is 1. The topological polar surface area (TPSA) is 15.8 Å². The minimum absolute atomic E-state index is 0.915. The van der Waals surface area contributed by atoms with E-state index in [1.807, 2.05) is 18.2 Å². The molecule has 3 aromatic rings. The molecule has 2 aromatic carbocycles. The predicted molar refractivity (Wildman–Crippen MR) is 76.4 cm³/mol. The summed E-state index contributed by atoms with van der Waals surface area (Å²) >= 11 is 0. The lowest BCUT2D eigenvalue weighted by atomic mass is 10.0. The Labute approximate surface area is 106 Å². The van der Waals surface area contributed by atoms with E-state index < -0.39 is 0 Å². The van der Waals surface area contributed by atoms with Crippen LogP contribution < -0.4 is 0 Å². The van der Waals surface area contributed by atoms with Crippen molar-refractivity contribution in [1.29, 1.82) is 0 Å². The van der Waals surface area contributed by atoms with Crippen molar-refractivity contribution in [2.24, 2.45) is 0 Å². The van der Waals surface area contributed by atoms with Crippen molar-refractivity contribution < 1.29 is 0 Å². The highest BCUT2D eigenvalue weighted by Gasteiger charge is 2.10. The van der Waals surface area contributed by atoms with E-state index in [0.29, 0.717) is 0 Å². The summed E-state index contributed by atoms with van der Waals surface area (Å²) in [6.45, 7) is 2.10. The van der Waals surface area contributed by atoms with E-state index in [4.69, 9.17) is 6.42 Å². The molecule has 1 heteroatoms. The first-order chi connectivity index (χ1) is 8.79. The normalized spacial score (nSPS) is 10.4. The third-order valence-electron chi connectivity index (χ3n) is 3.22. The van der Waals surface area contributed by atoms with Crippen molar-refractivity contribution in [2.75, 3.05) is 0 Å². The highest BCUT2D eigenvalue weighted by molar-refractivity contribution is 5.98. The molecule has 0 aliphatic carbocycles. The fourth-order valence-electron chi connectivity index (χ4n) is 2.39. The van der Waals surface area contributed by atoms with Gasteiger partial charge < -0.3 is 4.98 Å². The van der Waals surface area contributed by atoms with Gasteiger partial charge in [-0.2, -0.15) is 0 Å². The number of aryl methyl sites for hydroxylation is 1. The lowest BCUT2D eigenvalue weighted by Gasteiger charge is -2.01. The van der Waals surface area contributed by atoms with Crippen LogP contribution in [0.5, 0.6) is 0 Å². The van der Waals surface area contributed by atoms with Gasteiger partial charge in [0.15, 0.2) is 0 Å². The Morgan fingerprint density at radius 1 is 1.06 bits per heavy atom. The van der Waals surface area contributed by atoms with Gasteiger partial charge in [0.2, 0.25) is 0 Å². The smallest absolute Gasteiger partial charge is 0.0463 e. The molecule has 1 aromatic heterocycles. The Kier molecular flexibility index (Phi) is 2.42. The number of nitrogens with one attached hydrogen (secondary N) is 1. The van der Waals surface area contributed by atoms with Crippen molar-refractivity contribution in [3.63, 3.8) is 0 Å². The van der Waals surface area contributed by atoms with Crippen LogP contribution in [0.25, 0.3) is 22.0 Å². The second-order valence-corrected chi connectivity index (χ2v) is 4.40. The number of aromatic amines is 1. The van der Waals surface area contributed by atoms with Gasteiger partial charge in [0, 0.05) is 27.7 Å². The average molecular weight is 231 g/mol. The van der Waals surface area contributed by atoms with Gasteiger partial charge in [0.05, 0.1) is 0 Å². The zero-order valence-corrected chi connectivity index (χ0v) is 10.2. The summed E-state index contributed by atoms with van der Waals surface area (Å²) < 4.78 is 0. The Balaban J connectivity index is 2.35. The first-order valence-electron chi connectivity index (χ1n) is 5.94. The molecule has 0 atom stereocenters. The molecule has 1 heterocycles. The summed E-state index contributed by atoms with van der Waals surface area (Å²) in [5.41, 5.74) is 5.67. The number of hydrogen-bond acceptors (Lipinski definition) is 0. The molecule has 0 spiro atoms. The van der Waals surface area contributed by atoms with Gasteiger partial charge >= 0.3 is 0 Å². The van der Waals surface area contributed by atoms with Gasteiger partial charge in [-0.3, -0.25) is 0 Å². The Morgan fingerprint density at radius 2 is 1.83 bits per heavy atom. The van der Waals surface area contributed by atoms with Gasteiger partial charge in [0.1, 0.15) is 0 Å². The summed E-state index contributed by atoms with van der Waals surface area (Å²) in [5, 5.41) is 1.19. The minimum Gasteiger partial charge on any atom is -0.358 e. The van der Waals surface area contributed by atoms with Gasteiger partial charge in [-0.25, -0.2) is 0 Å². The fourth-order valence-corrected chi connectivity index (χ4v) is 2.39. The van der Waals surface area contributed by atoms with Gasteiger partial charge in [0.25, 0.3) is 0 Å². The lowest BCUT2D eigenvalue weighted by molar-refractivity contribution is 1.30. The number of fused-ring (bicyclic) bond motifs is 1. The maximum absolute atomic E-state index is 5.48. The fraction of sp³-hybridized carbons (Fsp3) is 0.0588. The average Bonchev–Trinajstić information content (AvgIpc) is 2.74. The quantitative estimate of drug-likeness (QED) is 0.606. The van der Waals surface area contributed by atoms with E-state index in [9.17, 15) is 0 Å². The van der Waals surface area contributed by atoms with E-state index in [1.165, 1.54) is 22.2 Å². The maximum Gasteiger partial charge on any atom is 0.0463 e. The third-order valence-corrected chi connectivity index (χ3v) is 3.22. The van der Waals surface area contributed by atoms with Crippen LogP contribution in [-0.4, -0.2) is 4.98 Å². The van der Waals surface area contributed by atoms with Crippen molar-refractivity contribution >= 4 is 10.9 Å². The lowest BCUT2D eigenvalue weighted by Crippen LogP contribution is -1.79. The number of aromatic nitrogens is 1. The minimum atomic E-state index is 0.915. The standard InChI is InChI=1S/C17H13N/c1-3-13-9-10-16-15(11-13)17(12(2)18-16)14-7-5-4-6-8-14/h1,4-11,18H,2H3. The monoisotopic (exact) mass is 231 g/mol. The first kappa shape index (κ1) is 10.7. The summed E-state index contributed by atoms with van der Waals surface area (Å²) in [7, 11) is 0. The van der Waals surface area contributed by atoms with Crippen LogP contribution in [-0.2, 0) is 0 Å². The van der Waals surface area contributed by atoms with Gasteiger partial charge in [-0.1, -0.05) is 36.3 Å². The molecule has 0 fully saturated rings.